The lowest BCUT2D eigenvalue weighted by Crippen LogP contribution is -2.51. The molecule has 3 aromatic rings. The van der Waals surface area contributed by atoms with Crippen LogP contribution in [0.25, 0.3) is 0 Å². The number of nitrogens with one attached hydrogen (secondary N) is 1. The van der Waals surface area contributed by atoms with Gasteiger partial charge in [0, 0.05) is 44.1 Å². The van der Waals surface area contributed by atoms with E-state index in [9.17, 15) is 32.3 Å². The van der Waals surface area contributed by atoms with E-state index in [0.717, 1.165) is 6.07 Å². The molecule has 13 heteroatoms. The van der Waals surface area contributed by atoms with Gasteiger partial charge in [-0.2, -0.15) is 13.2 Å². The molecule has 1 fully saturated rings. The van der Waals surface area contributed by atoms with E-state index >= 15 is 0 Å². The molecule has 0 atom stereocenters. The Morgan fingerprint density at radius 2 is 1.62 bits per heavy atom. The zero-order chi connectivity index (χ0) is 30.6. The highest BCUT2D eigenvalue weighted by Gasteiger charge is 2.34. The molecule has 1 aliphatic rings. The Kier molecular flexibility index (Phi) is 9.00. The number of Topliss-reactive ketones (excluding diaryl/α,β-unsaturated/α-hetero) is 1. The fourth-order valence-electron chi connectivity index (χ4n) is 4.84. The van der Waals surface area contributed by atoms with Crippen molar-refractivity contribution < 1.29 is 37.1 Å². The third-order valence-corrected chi connectivity index (χ3v) is 7.15. The Balaban J connectivity index is 1.42. The topological polar surface area (TPSA) is 127 Å². The molecule has 1 aliphatic heterocycles. The lowest BCUT2D eigenvalue weighted by Gasteiger charge is -2.34. The van der Waals surface area contributed by atoms with Crippen molar-refractivity contribution in [2.24, 2.45) is 5.73 Å². The number of aromatic nitrogens is 1. The average Bonchev–Trinajstić information content (AvgIpc) is 3.29. The highest BCUT2D eigenvalue weighted by Crippen LogP contribution is 2.33. The molecule has 3 N–H and O–H groups in total. The number of methoxy groups -OCH3 is 1. The van der Waals surface area contributed by atoms with Gasteiger partial charge in [-0.25, -0.2) is 9.59 Å². The van der Waals surface area contributed by atoms with Crippen molar-refractivity contribution in [2.75, 3.05) is 45.2 Å². The Bertz CT molecular complexity index is 1490. The zero-order valence-corrected chi connectivity index (χ0v) is 23.0. The van der Waals surface area contributed by atoms with Crippen molar-refractivity contribution in [1.29, 1.82) is 0 Å². The van der Waals surface area contributed by atoms with Gasteiger partial charge in [0.2, 0.25) is 0 Å². The van der Waals surface area contributed by atoms with Crippen LogP contribution in [0.1, 0.15) is 48.0 Å². The summed E-state index contributed by atoms with van der Waals surface area (Å²) in [6.07, 6.45) is -4.59. The molecule has 1 aromatic heterocycles. The number of amides is 3. The Hall–Kier alpha value is -4.65. The minimum Gasteiger partial charge on any atom is -0.465 e. The van der Waals surface area contributed by atoms with Crippen LogP contribution in [0, 0.1) is 6.92 Å². The molecule has 2 aromatic carbocycles. The second-order valence-corrected chi connectivity index (χ2v) is 9.82. The number of nitrogens with zero attached hydrogens (tertiary/aromatic N) is 3. The molecule has 42 heavy (non-hydrogen) atoms. The summed E-state index contributed by atoms with van der Waals surface area (Å²) in [7, 11) is 1.28. The number of ether oxygens (including phenoxy) is 1. The predicted octanol–water partition coefficient (Wildman–Crippen LogP) is 3.78. The minimum absolute atomic E-state index is 0.0478. The van der Waals surface area contributed by atoms with E-state index in [1.54, 1.807) is 17.0 Å². The van der Waals surface area contributed by atoms with Gasteiger partial charge < -0.3 is 25.3 Å². The van der Waals surface area contributed by atoms with Gasteiger partial charge in [-0.1, -0.05) is 18.2 Å². The number of hydrogen-bond donors (Lipinski definition) is 2. The molecule has 0 unspecified atom stereocenters. The summed E-state index contributed by atoms with van der Waals surface area (Å²) in [5, 5.41) is 2.76. The second kappa shape index (κ2) is 12.5. The van der Waals surface area contributed by atoms with Crippen LogP contribution >= 0.6 is 0 Å². The van der Waals surface area contributed by atoms with Crippen molar-refractivity contribution in [3.8, 4) is 0 Å². The highest BCUT2D eigenvalue weighted by molar-refractivity contribution is 6.01. The monoisotopic (exact) mass is 585 g/mol. The third kappa shape index (κ3) is 6.79. The molecule has 1 saturated heterocycles. The van der Waals surface area contributed by atoms with E-state index in [1.165, 1.54) is 55.0 Å². The quantitative estimate of drug-likeness (QED) is 0.306. The van der Waals surface area contributed by atoms with Gasteiger partial charge in [-0.15, -0.1) is 0 Å². The van der Waals surface area contributed by atoms with Crippen LogP contribution in [0.15, 0.2) is 54.6 Å². The number of ketones is 1. The first-order chi connectivity index (χ1) is 19.9. The van der Waals surface area contributed by atoms with Crippen molar-refractivity contribution in [3.63, 3.8) is 0 Å². The van der Waals surface area contributed by atoms with E-state index in [0.29, 0.717) is 43.1 Å². The van der Waals surface area contributed by atoms with Gasteiger partial charge in [-0.05, 0) is 48.9 Å². The number of nitrogens with two attached hydrogens (primary N) is 1. The third-order valence-electron chi connectivity index (χ3n) is 7.15. The van der Waals surface area contributed by atoms with Gasteiger partial charge in [0.1, 0.15) is 0 Å². The van der Waals surface area contributed by atoms with E-state index in [-0.39, 0.29) is 35.9 Å². The number of urea groups is 1. The molecule has 4 rings (SSSR count). The number of halogens is 3. The molecule has 0 saturated carbocycles. The first kappa shape index (κ1) is 30.3. The van der Waals surface area contributed by atoms with Gasteiger partial charge in [0.15, 0.2) is 5.78 Å². The maximum absolute atomic E-state index is 13.6. The van der Waals surface area contributed by atoms with Gasteiger partial charge >= 0.3 is 18.2 Å². The molecule has 222 valence electrons. The first-order valence-corrected chi connectivity index (χ1v) is 13.0. The minimum atomic E-state index is -4.59. The molecule has 0 radical (unpaired) electrons. The number of alkyl halides is 3. The van der Waals surface area contributed by atoms with Crippen LogP contribution in [-0.2, 0) is 17.5 Å². The van der Waals surface area contributed by atoms with Gasteiger partial charge in [0.25, 0.3) is 5.91 Å². The molecule has 3 amide bonds. The van der Waals surface area contributed by atoms with Crippen molar-refractivity contribution in [3.05, 3.63) is 88.2 Å². The average molecular weight is 586 g/mol. The number of esters is 1. The van der Waals surface area contributed by atoms with E-state index in [2.05, 4.69) is 10.1 Å². The molecule has 2 heterocycles. The van der Waals surface area contributed by atoms with Crippen LogP contribution in [0.2, 0.25) is 0 Å². The number of primary amides is 1. The number of carbonyl (C=O) groups is 4. The van der Waals surface area contributed by atoms with Crippen molar-refractivity contribution >= 4 is 29.4 Å². The predicted molar refractivity (Wildman–Crippen MR) is 147 cm³/mol. The van der Waals surface area contributed by atoms with Crippen LogP contribution in [-0.4, -0.2) is 77.9 Å². The van der Waals surface area contributed by atoms with Crippen LogP contribution in [0.4, 0.5) is 23.7 Å². The fraction of sp³-hybridized carbons (Fsp3) is 0.310. The number of carbonyl (C=O) groups excluding carboxylic acids is 4. The summed E-state index contributed by atoms with van der Waals surface area (Å²) in [4.78, 5) is 53.1. The summed E-state index contributed by atoms with van der Waals surface area (Å²) in [5.74, 6) is -1.67. The number of anilines is 1. The van der Waals surface area contributed by atoms with Crippen LogP contribution in [0.3, 0.4) is 0 Å². The molecular weight excluding hydrogens is 555 g/mol. The highest BCUT2D eigenvalue weighted by atomic mass is 19.4. The van der Waals surface area contributed by atoms with E-state index < -0.39 is 29.4 Å². The summed E-state index contributed by atoms with van der Waals surface area (Å²) >= 11 is 0. The summed E-state index contributed by atoms with van der Waals surface area (Å²) in [6.45, 7) is 2.60. The SMILES string of the molecule is COC(=O)c1ccc(NC(=O)N2CCN(CC(=O)c3cc(C(N)=O)c(C)n3Cc3ccccc3C(F)(F)F)CC2)cc1. The summed E-state index contributed by atoms with van der Waals surface area (Å²) in [5.41, 5.74) is 5.89. The smallest absolute Gasteiger partial charge is 0.416 e. The molecule has 0 bridgehead atoms. The Labute approximate surface area is 239 Å². The normalized spacial score (nSPS) is 14.0. The van der Waals surface area contributed by atoms with Gasteiger partial charge in [0.05, 0.1) is 36.0 Å². The molecule has 0 aliphatic carbocycles. The maximum atomic E-state index is 13.6. The number of hydrogen-bond acceptors (Lipinski definition) is 6. The van der Waals surface area contributed by atoms with Crippen LogP contribution < -0.4 is 11.1 Å². The second-order valence-electron chi connectivity index (χ2n) is 9.82. The lowest BCUT2D eigenvalue weighted by molar-refractivity contribution is -0.138. The molecule has 0 spiro atoms. The van der Waals surface area contributed by atoms with Crippen molar-refractivity contribution in [1.82, 2.24) is 14.4 Å². The number of benzene rings is 2. The fourth-order valence-corrected chi connectivity index (χ4v) is 4.84. The van der Waals surface area contributed by atoms with Crippen molar-refractivity contribution in [2.45, 2.75) is 19.6 Å². The summed E-state index contributed by atoms with van der Waals surface area (Å²) in [6, 6.07) is 12.3. The first-order valence-electron chi connectivity index (χ1n) is 13.0. The number of rotatable bonds is 8. The maximum Gasteiger partial charge on any atom is 0.416 e. The van der Waals surface area contributed by atoms with Crippen LogP contribution in [0.5, 0.6) is 0 Å². The summed E-state index contributed by atoms with van der Waals surface area (Å²) < 4.78 is 46.9. The number of piperazine rings is 1. The standard InChI is InChI=1S/C29H30F3N5O5/c1-18-22(26(33)39)15-24(37(18)16-20-5-3-4-6-23(20)29(30,31)32)25(38)17-35-11-13-36(14-12-35)28(41)34-21-9-7-19(8-10-21)27(40)42-2/h3-10,15H,11-14,16-17H2,1-2H3,(H2,33,39)(H,34,41). The largest absolute Gasteiger partial charge is 0.465 e. The molecule has 10 nitrogen and oxygen atoms in total. The Morgan fingerprint density at radius 1 is 0.976 bits per heavy atom. The Morgan fingerprint density at radius 3 is 2.21 bits per heavy atom. The van der Waals surface area contributed by atoms with E-state index in [4.69, 9.17) is 5.73 Å². The zero-order valence-electron chi connectivity index (χ0n) is 23.0. The molecular formula is C29H30F3N5O5. The van der Waals surface area contributed by atoms with E-state index in [1.807, 2.05) is 4.90 Å². The van der Waals surface area contributed by atoms with Gasteiger partial charge in [-0.3, -0.25) is 14.5 Å². The lowest BCUT2D eigenvalue weighted by atomic mass is 10.1.